The first-order valence-corrected chi connectivity index (χ1v) is 11.2. The second-order valence-electron chi connectivity index (χ2n) is 7.10. The Morgan fingerprint density at radius 1 is 1.00 bits per heavy atom. The van der Waals surface area contributed by atoms with Crippen molar-refractivity contribution in [1.82, 2.24) is 5.32 Å². The van der Waals surface area contributed by atoms with Gasteiger partial charge in [0.2, 0.25) is 0 Å². The third-order valence-corrected chi connectivity index (χ3v) is 6.85. The van der Waals surface area contributed by atoms with E-state index in [2.05, 4.69) is 5.32 Å². The molecule has 1 amide bonds. The molecule has 0 bridgehead atoms. The molecule has 30 heavy (non-hydrogen) atoms. The molecule has 156 valence electrons. The van der Waals surface area contributed by atoms with Crippen molar-refractivity contribution in [3.8, 4) is 0 Å². The fourth-order valence-electron chi connectivity index (χ4n) is 3.02. The van der Waals surface area contributed by atoms with Gasteiger partial charge in [-0.15, -0.1) is 0 Å². The molecule has 0 atom stereocenters. The highest BCUT2D eigenvalue weighted by molar-refractivity contribution is 7.92. The second kappa shape index (κ2) is 8.90. The number of hydrogen-bond donors (Lipinski definition) is 1. The first-order valence-electron chi connectivity index (χ1n) is 9.37. The Kier molecular flexibility index (Phi) is 6.48. The number of carbonyl (C=O) groups excluding carboxylic acids is 1. The molecule has 0 unspecified atom stereocenters. The van der Waals surface area contributed by atoms with Gasteiger partial charge >= 0.3 is 0 Å². The van der Waals surface area contributed by atoms with Crippen molar-refractivity contribution in [1.29, 1.82) is 0 Å². The van der Waals surface area contributed by atoms with Crippen LogP contribution in [0.5, 0.6) is 0 Å². The van der Waals surface area contributed by atoms with E-state index < -0.39 is 10.0 Å². The van der Waals surface area contributed by atoms with Gasteiger partial charge in [-0.3, -0.25) is 9.10 Å². The molecule has 0 radical (unpaired) electrons. The van der Waals surface area contributed by atoms with Crippen molar-refractivity contribution in [3.05, 3.63) is 94.0 Å². The summed E-state index contributed by atoms with van der Waals surface area (Å²) in [5.74, 6) is -0.294. The molecule has 3 aromatic carbocycles. The highest BCUT2D eigenvalue weighted by Crippen LogP contribution is 2.27. The Labute approximate surface area is 182 Å². The molecule has 0 saturated carbocycles. The number of benzene rings is 3. The zero-order chi connectivity index (χ0) is 21.9. The molecular formula is C23H23ClN2O3S. The first kappa shape index (κ1) is 21.9. The number of nitrogens with one attached hydrogen (secondary N) is 1. The normalized spacial score (nSPS) is 11.2. The van der Waals surface area contributed by atoms with Gasteiger partial charge in [-0.1, -0.05) is 47.5 Å². The summed E-state index contributed by atoms with van der Waals surface area (Å²) in [5.41, 5.74) is 3.43. The molecule has 5 nitrogen and oxygen atoms in total. The molecule has 3 aromatic rings. The smallest absolute Gasteiger partial charge is 0.264 e. The van der Waals surface area contributed by atoms with Crippen molar-refractivity contribution >= 4 is 33.2 Å². The number of hydrogen-bond acceptors (Lipinski definition) is 3. The van der Waals surface area contributed by atoms with Crippen LogP contribution in [-0.2, 0) is 16.6 Å². The minimum absolute atomic E-state index is 0.200. The summed E-state index contributed by atoms with van der Waals surface area (Å²) in [7, 11) is -2.26. The lowest BCUT2D eigenvalue weighted by Crippen LogP contribution is -2.28. The summed E-state index contributed by atoms with van der Waals surface area (Å²) in [6.45, 7) is 4.03. The molecule has 0 heterocycles. The summed E-state index contributed by atoms with van der Waals surface area (Å²) in [4.78, 5) is 12.8. The zero-order valence-corrected chi connectivity index (χ0v) is 18.6. The largest absolute Gasteiger partial charge is 0.348 e. The zero-order valence-electron chi connectivity index (χ0n) is 17.0. The summed E-state index contributed by atoms with van der Waals surface area (Å²) >= 11 is 5.98. The number of aryl methyl sites for hydroxylation is 2. The molecule has 0 saturated heterocycles. The summed E-state index contributed by atoms with van der Waals surface area (Å²) in [5, 5.41) is 3.44. The standard InChI is InChI=1S/C23H23ClN2O3S/c1-16-7-11-21(12-8-16)30(28,29)26(3)22-14-19(10-9-17(22)2)23(27)25-15-18-5-4-6-20(24)13-18/h4-14H,15H2,1-3H3,(H,25,27). The van der Waals surface area contributed by atoms with Crippen molar-refractivity contribution in [2.24, 2.45) is 0 Å². The Morgan fingerprint density at radius 3 is 2.37 bits per heavy atom. The molecule has 7 heteroatoms. The van der Waals surface area contributed by atoms with Crippen LogP contribution >= 0.6 is 11.6 Å². The van der Waals surface area contributed by atoms with Gasteiger partial charge in [-0.25, -0.2) is 8.42 Å². The van der Waals surface area contributed by atoms with Crippen LogP contribution in [0.15, 0.2) is 71.6 Å². The number of halogens is 1. The van der Waals surface area contributed by atoms with Crippen LogP contribution in [0.1, 0.15) is 27.0 Å². The topological polar surface area (TPSA) is 66.5 Å². The van der Waals surface area contributed by atoms with Crippen LogP contribution in [-0.4, -0.2) is 21.4 Å². The average molecular weight is 443 g/mol. The van der Waals surface area contributed by atoms with E-state index in [1.54, 1.807) is 54.6 Å². The lowest BCUT2D eigenvalue weighted by atomic mass is 10.1. The van der Waals surface area contributed by atoms with E-state index in [1.807, 2.05) is 26.0 Å². The van der Waals surface area contributed by atoms with Crippen LogP contribution in [0, 0.1) is 13.8 Å². The van der Waals surface area contributed by atoms with Crippen LogP contribution in [0.3, 0.4) is 0 Å². The second-order valence-corrected chi connectivity index (χ2v) is 9.51. The maximum Gasteiger partial charge on any atom is 0.264 e. The highest BCUT2D eigenvalue weighted by Gasteiger charge is 2.23. The van der Waals surface area contributed by atoms with Crippen molar-refractivity contribution < 1.29 is 13.2 Å². The van der Waals surface area contributed by atoms with Crippen LogP contribution < -0.4 is 9.62 Å². The van der Waals surface area contributed by atoms with Gasteiger partial charge in [-0.2, -0.15) is 0 Å². The molecule has 3 rings (SSSR count). The highest BCUT2D eigenvalue weighted by atomic mass is 35.5. The van der Waals surface area contributed by atoms with Gasteiger partial charge in [-0.05, 0) is 61.4 Å². The maximum atomic E-state index is 13.0. The minimum atomic E-state index is -3.75. The van der Waals surface area contributed by atoms with Gasteiger partial charge < -0.3 is 5.32 Å². The van der Waals surface area contributed by atoms with Crippen LogP contribution in [0.4, 0.5) is 5.69 Å². The van der Waals surface area contributed by atoms with Gasteiger partial charge in [0.1, 0.15) is 0 Å². The fourth-order valence-corrected chi connectivity index (χ4v) is 4.48. The quantitative estimate of drug-likeness (QED) is 0.601. The van der Waals surface area contributed by atoms with Gasteiger partial charge in [0, 0.05) is 24.2 Å². The van der Waals surface area contributed by atoms with Gasteiger partial charge in [0.25, 0.3) is 15.9 Å². The van der Waals surface area contributed by atoms with E-state index in [9.17, 15) is 13.2 Å². The Morgan fingerprint density at radius 2 is 1.70 bits per heavy atom. The Bertz CT molecular complexity index is 1180. The van der Waals surface area contributed by atoms with Crippen molar-refractivity contribution in [2.45, 2.75) is 25.3 Å². The third kappa shape index (κ3) is 4.83. The lowest BCUT2D eigenvalue weighted by molar-refractivity contribution is 0.0951. The monoisotopic (exact) mass is 442 g/mol. The molecular weight excluding hydrogens is 420 g/mol. The van der Waals surface area contributed by atoms with Gasteiger partial charge in [0.05, 0.1) is 10.6 Å². The predicted octanol–water partition coefficient (Wildman–Crippen LogP) is 4.71. The Balaban J connectivity index is 1.83. The molecule has 0 aliphatic carbocycles. The third-order valence-electron chi connectivity index (χ3n) is 4.83. The molecule has 0 fully saturated rings. The van der Waals surface area contributed by atoms with E-state index >= 15 is 0 Å². The van der Waals surface area contributed by atoms with Crippen LogP contribution in [0.25, 0.3) is 0 Å². The molecule has 0 spiro atoms. The maximum absolute atomic E-state index is 13.0. The number of anilines is 1. The fraction of sp³-hybridized carbons (Fsp3) is 0.174. The van der Waals surface area contributed by atoms with E-state index in [-0.39, 0.29) is 10.8 Å². The number of nitrogens with zero attached hydrogens (tertiary/aromatic N) is 1. The van der Waals surface area contributed by atoms with E-state index in [1.165, 1.54) is 11.4 Å². The lowest BCUT2D eigenvalue weighted by Gasteiger charge is -2.22. The SMILES string of the molecule is Cc1ccc(S(=O)(=O)N(C)c2cc(C(=O)NCc3cccc(Cl)c3)ccc2C)cc1. The molecule has 0 aliphatic rings. The number of carbonyl (C=O) groups is 1. The summed E-state index contributed by atoms with van der Waals surface area (Å²) in [6.07, 6.45) is 0. The van der Waals surface area contributed by atoms with E-state index in [4.69, 9.17) is 11.6 Å². The number of sulfonamides is 1. The van der Waals surface area contributed by atoms with Crippen LogP contribution in [0.2, 0.25) is 5.02 Å². The van der Waals surface area contributed by atoms with E-state index in [0.29, 0.717) is 22.8 Å². The number of rotatable bonds is 6. The summed E-state index contributed by atoms with van der Waals surface area (Å²) < 4.78 is 27.3. The van der Waals surface area contributed by atoms with Crippen molar-refractivity contribution in [3.63, 3.8) is 0 Å². The molecule has 1 N–H and O–H groups in total. The molecule has 0 aliphatic heterocycles. The molecule has 0 aromatic heterocycles. The van der Waals surface area contributed by atoms with Gasteiger partial charge in [0.15, 0.2) is 0 Å². The minimum Gasteiger partial charge on any atom is -0.348 e. The average Bonchev–Trinajstić information content (AvgIpc) is 2.72. The first-order chi connectivity index (χ1) is 14.2. The summed E-state index contributed by atoms with van der Waals surface area (Å²) in [6, 6.07) is 18.9. The number of amides is 1. The predicted molar refractivity (Wildman–Crippen MR) is 121 cm³/mol. The van der Waals surface area contributed by atoms with E-state index in [0.717, 1.165) is 16.7 Å². The van der Waals surface area contributed by atoms with Crippen molar-refractivity contribution in [2.75, 3.05) is 11.4 Å². The Hall–Kier alpha value is -2.83.